The molecule has 1 atom stereocenters. The second-order valence-electron chi connectivity index (χ2n) is 8.65. The number of ether oxygens (including phenoxy) is 1. The molecule has 1 fully saturated rings. The number of aryl methyl sites for hydroxylation is 1. The van der Waals surface area contributed by atoms with Crippen LogP contribution in [-0.2, 0) is 16.8 Å². The number of benzene rings is 2. The Morgan fingerprint density at radius 1 is 1.21 bits per heavy atom. The lowest BCUT2D eigenvalue weighted by Gasteiger charge is -2.36. The van der Waals surface area contributed by atoms with E-state index in [0.29, 0.717) is 23.6 Å². The third kappa shape index (κ3) is 4.51. The standard InChI is InChI=1S/C24H27N5O3S/c1-16-8-9-20-19(13-16)17(10-11-26-20)14-29-12-3-2-5-18(29)15-32-22-7-4-6-21-23(22)24(25)28-33(30,31)27-21/h4,6-11,13,18,27H,2-3,5,12,14-15H2,1H3,(H2,25,28)/t18-/m1/s1. The van der Waals surface area contributed by atoms with Crippen molar-refractivity contribution in [1.82, 2.24) is 9.88 Å². The van der Waals surface area contributed by atoms with Crippen molar-refractivity contribution in [1.29, 1.82) is 0 Å². The van der Waals surface area contributed by atoms with Crippen molar-refractivity contribution < 1.29 is 13.2 Å². The van der Waals surface area contributed by atoms with Gasteiger partial charge < -0.3 is 10.5 Å². The molecule has 1 aromatic heterocycles. The molecule has 1 saturated heterocycles. The molecular formula is C24H27N5O3S. The van der Waals surface area contributed by atoms with E-state index in [0.717, 1.165) is 37.9 Å². The first-order valence-electron chi connectivity index (χ1n) is 11.1. The average Bonchev–Trinajstić information content (AvgIpc) is 2.78. The van der Waals surface area contributed by atoms with E-state index in [9.17, 15) is 8.42 Å². The maximum atomic E-state index is 11.8. The summed E-state index contributed by atoms with van der Waals surface area (Å²) in [7, 11) is -3.82. The molecule has 3 heterocycles. The highest BCUT2D eigenvalue weighted by molar-refractivity contribution is 7.91. The summed E-state index contributed by atoms with van der Waals surface area (Å²) in [5.41, 5.74) is 10.3. The summed E-state index contributed by atoms with van der Waals surface area (Å²) in [6, 6.07) is 13.9. The quantitative estimate of drug-likeness (QED) is 0.598. The normalized spacial score (nSPS) is 20.0. The second-order valence-corrected chi connectivity index (χ2v) is 9.99. The van der Waals surface area contributed by atoms with Gasteiger partial charge in [0, 0.05) is 24.2 Å². The number of amidine groups is 1. The van der Waals surface area contributed by atoms with Crippen LogP contribution < -0.4 is 15.2 Å². The number of aromatic nitrogens is 1. The van der Waals surface area contributed by atoms with Crippen LogP contribution >= 0.6 is 0 Å². The summed E-state index contributed by atoms with van der Waals surface area (Å²) < 4.78 is 35.9. The number of pyridine rings is 1. The van der Waals surface area contributed by atoms with Gasteiger partial charge in [-0.05, 0) is 62.2 Å². The van der Waals surface area contributed by atoms with Crippen LogP contribution in [0.2, 0.25) is 0 Å². The zero-order chi connectivity index (χ0) is 23.0. The van der Waals surface area contributed by atoms with Gasteiger partial charge in [0.2, 0.25) is 0 Å². The molecule has 0 unspecified atom stereocenters. The van der Waals surface area contributed by atoms with Crippen LogP contribution in [0.5, 0.6) is 5.75 Å². The van der Waals surface area contributed by atoms with Gasteiger partial charge in [0.05, 0.1) is 16.8 Å². The molecule has 0 amide bonds. The van der Waals surface area contributed by atoms with Crippen molar-refractivity contribution in [3.8, 4) is 5.75 Å². The number of nitrogens with two attached hydrogens (primary N) is 1. The van der Waals surface area contributed by atoms with Gasteiger partial charge in [0.1, 0.15) is 12.4 Å². The van der Waals surface area contributed by atoms with E-state index in [1.807, 2.05) is 6.20 Å². The van der Waals surface area contributed by atoms with E-state index >= 15 is 0 Å². The minimum atomic E-state index is -3.82. The number of fused-ring (bicyclic) bond motifs is 2. The largest absolute Gasteiger partial charge is 0.491 e. The zero-order valence-corrected chi connectivity index (χ0v) is 19.3. The molecule has 3 aromatic rings. The lowest BCUT2D eigenvalue weighted by molar-refractivity contribution is 0.0936. The van der Waals surface area contributed by atoms with E-state index < -0.39 is 10.2 Å². The molecule has 0 bridgehead atoms. The van der Waals surface area contributed by atoms with Gasteiger partial charge in [0.25, 0.3) is 0 Å². The first-order valence-corrected chi connectivity index (χ1v) is 12.6. The first-order chi connectivity index (χ1) is 15.9. The van der Waals surface area contributed by atoms with E-state index in [2.05, 4.69) is 50.2 Å². The summed E-state index contributed by atoms with van der Waals surface area (Å²) in [6.07, 6.45) is 5.22. The van der Waals surface area contributed by atoms with Gasteiger partial charge in [-0.3, -0.25) is 14.6 Å². The molecule has 5 rings (SSSR count). The van der Waals surface area contributed by atoms with Gasteiger partial charge in [0.15, 0.2) is 5.84 Å². The van der Waals surface area contributed by atoms with Crippen LogP contribution in [0.15, 0.2) is 53.1 Å². The number of piperidine rings is 1. The lowest BCUT2D eigenvalue weighted by atomic mass is 10.00. The fraction of sp³-hybridized carbons (Fsp3) is 0.333. The summed E-state index contributed by atoms with van der Waals surface area (Å²) in [5, 5.41) is 1.19. The summed E-state index contributed by atoms with van der Waals surface area (Å²) in [5.74, 6) is 0.477. The molecule has 0 radical (unpaired) electrons. The highest BCUT2D eigenvalue weighted by Gasteiger charge is 2.27. The van der Waals surface area contributed by atoms with E-state index in [1.165, 1.54) is 16.5 Å². The Hall–Kier alpha value is -3.17. The van der Waals surface area contributed by atoms with Crippen molar-refractivity contribution in [3.63, 3.8) is 0 Å². The van der Waals surface area contributed by atoms with Gasteiger partial charge in [-0.15, -0.1) is 4.40 Å². The highest BCUT2D eigenvalue weighted by atomic mass is 32.2. The molecule has 2 aromatic carbocycles. The summed E-state index contributed by atoms with van der Waals surface area (Å²) >= 11 is 0. The van der Waals surface area contributed by atoms with Crippen LogP contribution in [0, 0.1) is 6.92 Å². The number of nitrogens with zero attached hydrogens (tertiary/aromatic N) is 3. The third-order valence-electron chi connectivity index (χ3n) is 6.28. The van der Waals surface area contributed by atoms with Gasteiger partial charge >= 0.3 is 10.2 Å². The smallest absolute Gasteiger partial charge is 0.344 e. The molecular weight excluding hydrogens is 438 g/mol. The van der Waals surface area contributed by atoms with Crippen LogP contribution in [0.3, 0.4) is 0 Å². The Morgan fingerprint density at radius 2 is 2.09 bits per heavy atom. The number of hydrogen-bond acceptors (Lipinski definition) is 6. The Bertz CT molecular complexity index is 1340. The van der Waals surface area contributed by atoms with Crippen LogP contribution in [-0.4, -0.2) is 43.3 Å². The predicted molar refractivity (Wildman–Crippen MR) is 130 cm³/mol. The Morgan fingerprint density at radius 3 is 2.97 bits per heavy atom. The monoisotopic (exact) mass is 465 g/mol. The van der Waals surface area contributed by atoms with Gasteiger partial charge in [-0.1, -0.05) is 24.1 Å². The molecule has 0 aliphatic carbocycles. The number of anilines is 1. The molecule has 9 heteroatoms. The molecule has 33 heavy (non-hydrogen) atoms. The van der Waals surface area contributed by atoms with Crippen molar-refractivity contribution in [2.24, 2.45) is 10.1 Å². The second kappa shape index (κ2) is 8.64. The lowest BCUT2D eigenvalue weighted by Crippen LogP contribution is -2.42. The summed E-state index contributed by atoms with van der Waals surface area (Å²) in [6.45, 7) is 4.41. The fourth-order valence-corrected chi connectivity index (χ4v) is 5.50. The van der Waals surface area contributed by atoms with E-state index in [4.69, 9.17) is 10.5 Å². The van der Waals surface area contributed by atoms with Crippen molar-refractivity contribution in [3.05, 3.63) is 65.4 Å². The Balaban J connectivity index is 1.36. The Labute approximate surface area is 193 Å². The van der Waals surface area contributed by atoms with Crippen LogP contribution in [0.1, 0.15) is 36.0 Å². The maximum Gasteiger partial charge on any atom is 0.344 e. The van der Waals surface area contributed by atoms with Gasteiger partial charge in [-0.2, -0.15) is 8.42 Å². The predicted octanol–water partition coefficient (Wildman–Crippen LogP) is 3.35. The number of nitrogens with one attached hydrogen (secondary N) is 1. The number of likely N-dealkylation sites (tertiary alicyclic amines) is 1. The third-order valence-corrected chi connectivity index (χ3v) is 7.20. The highest BCUT2D eigenvalue weighted by Crippen LogP contribution is 2.31. The molecule has 0 spiro atoms. The maximum absolute atomic E-state index is 11.8. The van der Waals surface area contributed by atoms with Crippen LogP contribution in [0.4, 0.5) is 5.69 Å². The minimum Gasteiger partial charge on any atom is -0.491 e. The van der Waals surface area contributed by atoms with Crippen molar-refractivity contribution in [2.75, 3.05) is 17.9 Å². The molecule has 2 aliphatic heterocycles. The van der Waals surface area contributed by atoms with Gasteiger partial charge in [-0.25, -0.2) is 0 Å². The fourth-order valence-electron chi connectivity index (χ4n) is 4.65. The minimum absolute atomic E-state index is 0.0570. The summed E-state index contributed by atoms with van der Waals surface area (Å²) in [4.78, 5) is 6.98. The topological polar surface area (TPSA) is 110 Å². The average molecular weight is 466 g/mol. The van der Waals surface area contributed by atoms with E-state index in [1.54, 1.807) is 18.2 Å². The molecule has 0 saturated carbocycles. The molecule has 8 nitrogen and oxygen atoms in total. The molecule has 3 N–H and O–H groups in total. The number of rotatable bonds is 5. The Kier molecular flexibility index (Phi) is 5.67. The first kappa shape index (κ1) is 21.7. The number of hydrogen-bond donors (Lipinski definition) is 2. The zero-order valence-electron chi connectivity index (χ0n) is 18.5. The molecule has 172 valence electrons. The van der Waals surface area contributed by atoms with E-state index in [-0.39, 0.29) is 11.9 Å². The van der Waals surface area contributed by atoms with Crippen LogP contribution in [0.25, 0.3) is 10.9 Å². The SMILES string of the molecule is Cc1ccc2nccc(CN3CCCC[C@@H]3COc3cccc4c3C(N)=NS(=O)(=O)N4)c2c1. The van der Waals surface area contributed by atoms with Crippen molar-refractivity contribution in [2.45, 2.75) is 38.8 Å². The van der Waals surface area contributed by atoms with Crippen molar-refractivity contribution >= 4 is 32.6 Å². The molecule has 2 aliphatic rings.